The Hall–Kier alpha value is -2.14. The van der Waals surface area contributed by atoms with Crippen molar-refractivity contribution in [2.75, 3.05) is 0 Å². The molecule has 1 fully saturated rings. The van der Waals surface area contributed by atoms with Crippen LogP contribution < -0.4 is 0 Å². The third-order valence-corrected chi connectivity index (χ3v) is 5.85. The van der Waals surface area contributed by atoms with Crippen LogP contribution in [0.25, 0.3) is 0 Å². The average Bonchev–Trinajstić information content (AvgIpc) is 2.94. The molecular weight excluding hydrogens is 522 g/mol. The van der Waals surface area contributed by atoms with Crippen LogP contribution in [0.5, 0.6) is 0 Å². The number of carbonyl (C=O) groups excluding carboxylic acids is 1. The fourth-order valence-corrected chi connectivity index (χ4v) is 4.17. The van der Waals surface area contributed by atoms with Gasteiger partial charge >= 0.3 is 0 Å². The van der Waals surface area contributed by atoms with Gasteiger partial charge in [-0.25, -0.2) is 0 Å². The SMILES string of the molecule is C#C.CC.CC(=O)/C(CCc1ccc(CC(C)C)c(C)c1)=C(\C)N=C(C)C.CC1CCCCC1.CCC.CCC.CCC. The zero-order valence-electron chi connectivity index (χ0n) is 32.2. The van der Waals surface area contributed by atoms with Crippen molar-refractivity contribution in [1.29, 1.82) is 0 Å². The summed E-state index contributed by atoms with van der Waals surface area (Å²) < 4.78 is 0. The number of ketones is 1. The minimum atomic E-state index is 0.126. The summed E-state index contributed by atoms with van der Waals surface area (Å²) >= 11 is 0. The highest BCUT2D eigenvalue weighted by molar-refractivity contribution is 5.94. The van der Waals surface area contributed by atoms with Crippen molar-refractivity contribution in [2.24, 2.45) is 16.8 Å². The quantitative estimate of drug-likeness (QED) is 0.174. The number of hydrogen-bond acceptors (Lipinski definition) is 2. The van der Waals surface area contributed by atoms with Crippen LogP contribution in [-0.4, -0.2) is 11.5 Å². The van der Waals surface area contributed by atoms with E-state index in [1.807, 2.05) is 34.6 Å². The van der Waals surface area contributed by atoms with Crippen molar-refractivity contribution in [1.82, 2.24) is 0 Å². The molecule has 0 spiro atoms. The monoisotopic (exact) mass is 600 g/mol. The van der Waals surface area contributed by atoms with Gasteiger partial charge in [-0.15, -0.1) is 12.8 Å². The summed E-state index contributed by atoms with van der Waals surface area (Å²) in [4.78, 5) is 16.4. The summed E-state index contributed by atoms with van der Waals surface area (Å²) in [7, 11) is 0. The zero-order valence-corrected chi connectivity index (χ0v) is 32.2. The van der Waals surface area contributed by atoms with E-state index in [9.17, 15) is 4.79 Å². The van der Waals surface area contributed by atoms with E-state index >= 15 is 0 Å². The molecule has 2 rings (SSSR count). The molecule has 0 N–H and O–H groups in total. The number of nitrogens with zero attached hydrogens (tertiary/aromatic N) is 1. The largest absolute Gasteiger partial charge is 0.295 e. The smallest absolute Gasteiger partial charge is 0.157 e. The number of aryl methyl sites for hydroxylation is 2. The predicted molar refractivity (Wildman–Crippen MR) is 202 cm³/mol. The summed E-state index contributed by atoms with van der Waals surface area (Å²) in [6.07, 6.45) is 21.9. The maximum absolute atomic E-state index is 11.9. The van der Waals surface area contributed by atoms with Gasteiger partial charge in [0.15, 0.2) is 5.78 Å². The number of carbonyl (C=O) groups is 1. The van der Waals surface area contributed by atoms with Gasteiger partial charge in [0.05, 0.1) is 0 Å². The van der Waals surface area contributed by atoms with E-state index in [1.165, 1.54) is 68.1 Å². The summed E-state index contributed by atoms with van der Waals surface area (Å²) in [5.74, 6) is 1.83. The Kier molecular flexibility index (Phi) is 44.5. The van der Waals surface area contributed by atoms with Gasteiger partial charge in [-0.05, 0) is 82.4 Å². The third-order valence-electron chi connectivity index (χ3n) is 5.85. The maximum atomic E-state index is 11.9. The number of benzene rings is 1. The molecule has 0 heterocycles. The summed E-state index contributed by atoms with van der Waals surface area (Å²) in [5, 5.41) is 0. The molecule has 1 aromatic rings. The summed E-state index contributed by atoms with van der Waals surface area (Å²) in [5.41, 5.74) is 6.74. The molecule has 0 atom stereocenters. The Morgan fingerprint density at radius 1 is 0.860 bits per heavy atom. The molecule has 1 aliphatic rings. The molecule has 0 radical (unpaired) electrons. The molecule has 0 aliphatic heterocycles. The van der Waals surface area contributed by atoms with Gasteiger partial charge in [0, 0.05) is 17.0 Å². The van der Waals surface area contributed by atoms with E-state index in [2.05, 4.69) is 105 Å². The van der Waals surface area contributed by atoms with Crippen LogP contribution in [0.4, 0.5) is 0 Å². The lowest BCUT2D eigenvalue weighted by molar-refractivity contribution is -0.113. The van der Waals surface area contributed by atoms with Gasteiger partial charge in [-0.3, -0.25) is 9.79 Å². The van der Waals surface area contributed by atoms with Crippen molar-refractivity contribution < 1.29 is 4.79 Å². The molecule has 1 aliphatic carbocycles. The lowest BCUT2D eigenvalue weighted by atomic mass is 9.91. The highest BCUT2D eigenvalue weighted by Gasteiger charge is 2.10. The van der Waals surface area contributed by atoms with Gasteiger partial charge in [0.1, 0.15) is 0 Å². The molecule has 2 heteroatoms. The van der Waals surface area contributed by atoms with E-state index in [-0.39, 0.29) is 5.78 Å². The van der Waals surface area contributed by atoms with Crippen molar-refractivity contribution in [3.8, 4) is 12.8 Å². The second-order valence-corrected chi connectivity index (χ2v) is 11.9. The lowest BCUT2D eigenvalue weighted by Crippen LogP contribution is -2.03. The van der Waals surface area contributed by atoms with Crippen molar-refractivity contribution in [3.05, 3.63) is 46.2 Å². The molecule has 0 saturated heterocycles. The van der Waals surface area contributed by atoms with Crippen LogP contribution in [-0.2, 0) is 17.6 Å². The molecule has 1 saturated carbocycles. The van der Waals surface area contributed by atoms with Crippen LogP contribution in [0.3, 0.4) is 0 Å². The molecule has 0 bridgehead atoms. The number of rotatable bonds is 7. The average molecular weight is 600 g/mol. The highest BCUT2D eigenvalue weighted by Crippen LogP contribution is 2.22. The number of hydrogen-bond donors (Lipinski definition) is 0. The van der Waals surface area contributed by atoms with Crippen LogP contribution in [0, 0.1) is 31.6 Å². The standard InChI is InChI=1S/C21H31NO.C7H14.3C3H8.C2H6.C2H2/c1-14(2)12-20-10-8-19(13-16(20)5)9-11-21(18(7)23)17(6)22-15(3)4;1-7-5-3-2-4-6-7;3*1-3-2;2*1-2/h8,10,13-14H,9,11-12H2,1-7H3;7H,2-6H2,1H3;3*3H2,1-2H3;1-2H3;1-2H/b21-17+;;;;;;. The van der Waals surface area contributed by atoms with Crippen LogP contribution >= 0.6 is 0 Å². The molecule has 252 valence electrons. The van der Waals surface area contributed by atoms with Gasteiger partial charge in [0.2, 0.25) is 0 Å². The highest BCUT2D eigenvalue weighted by atomic mass is 16.1. The Morgan fingerprint density at radius 2 is 1.30 bits per heavy atom. The first-order valence-electron chi connectivity index (χ1n) is 17.5. The van der Waals surface area contributed by atoms with E-state index in [0.717, 1.165) is 42.2 Å². The zero-order chi connectivity index (χ0) is 34.8. The lowest BCUT2D eigenvalue weighted by Gasteiger charge is -2.15. The molecular formula is C41H77NO. The number of terminal acetylenes is 1. The van der Waals surface area contributed by atoms with E-state index in [1.54, 1.807) is 6.92 Å². The molecule has 0 unspecified atom stereocenters. The molecule has 0 amide bonds. The van der Waals surface area contributed by atoms with E-state index < -0.39 is 0 Å². The van der Waals surface area contributed by atoms with Crippen LogP contribution in [0.2, 0.25) is 0 Å². The molecule has 0 aromatic heterocycles. The minimum Gasteiger partial charge on any atom is -0.295 e. The maximum Gasteiger partial charge on any atom is 0.157 e. The second-order valence-electron chi connectivity index (χ2n) is 11.9. The van der Waals surface area contributed by atoms with Gasteiger partial charge in [-0.2, -0.15) is 0 Å². The Morgan fingerprint density at radius 3 is 1.60 bits per heavy atom. The Labute approximate surface area is 273 Å². The summed E-state index contributed by atoms with van der Waals surface area (Å²) in [6.45, 7) is 33.3. The fourth-order valence-electron chi connectivity index (χ4n) is 4.17. The first-order chi connectivity index (χ1) is 20.3. The fraction of sp³-hybridized carbons (Fsp3) is 0.707. The van der Waals surface area contributed by atoms with Crippen LogP contribution in [0.1, 0.15) is 178 Å². The van der Waals surface area contributed by atoms with Crippen LogP contribution in [0.15, 0.2) is 34.5 Å². The molecule has 1 aromatic carbocycles. The van der Waals surface area contributed by atoms with Crippen molar-refractivity contribution in [2.45, 2.75) is 181 Å². The van der Waals surface area contributed by atoms with E-state index in [0.29, 0.717) is 5.92 Å². The van der Waals surface area contributed by atoms with Crippen molar-refractivity contribution in [3.63, 3.8) is 0 Å². The minimum absolute atomic E-state index is 0.126. The van der Waals surface area contributed by atoms with Gasteiger partial charge in [0.25, 0.3) is 0 Å². The normalized spacial score (nSPS) is 12.1. The topological polar surface area (TPSA) is 29.4 Å². The first kappa shape index (κ1) is 50.5. The third kappa shape index (κ3) is 36.0. The Bertz CT molecular complexity index is 811. The second kappa shape index (κ2) is 37.9. The molecule has 43 heavy (non-hydrogen) atoms. The summed E-state index contributed by atoms with van der Waals surface area (Å²) in [6, 6.07) is 6.70. The number of aliphatic imine (C=N–C) groups is 1. The number of Topliss-reactive ketones (excluding diaryl/α,β-unsaturated/α-hetero) is 1. The molecule has 2 nitrogen and oxygen atoms in total. The Balaban J connectivity index is -0.000000195. The van der Waals surface area contributed by atoms with Gasteiger partial charge < -0.3 is 0 Å². The number of allylic oxidation sites excluding steroid dienone is 2. The van der Waals surface area contributed by atoms with E-state index in [4.69, 9.17) is 0 Å². The van der Waals surface area contributed by atoms with Crippen molar-refractivity contribution >= 4 is 11.5 Å². The predicted octanol–water partition coefficient (Wildman–Crippen LogP) is 13.6. The first-order valence-corrected chi connectivity index (χ1v) is 17.5. The van der Waals surface area contributed by atoms with Gasteiger partial charge in [-0.1, -0.05) is 146 Å².